The second-order valence-electron chi connectivity index (χ2n) is 16.5. The minimum Gasteiger partial charge on any atom is -0.489 e. The number of guanidine groups is 1. The zero-order valence-electron chi connectivity index (χ0n) is 35.4. The molecule has 16 heteroatoms. The van der Waals surface area contributed by atoms with Gasteiger partial charge in [0.2, 0.25) is 11.8 Å². The van der Waals surface area contributed by atoms with E-state index >= 15 is 0 Å². The van der Waals surface area contributed by atoms with Crippen molar-refractivity contribution >= 4 is 40.3 Å². The molecule has 16 nitrogen and oxygen atoms in total. The van der Waals surface area contributed by atoms with Crippen LogP contribution in [0.3, 0.4) is 0 Å². The number of nitrogens with one attached hydrogen (secondary N) is 3. The van der Waals surface area contributed by atoms with Gasteiger partial charge < -0.3 is 51.5 Å². The van der Waals surface area contributed by atoms with Gasteiger partial charge in [-0.1, -0.05) is 46.8 Å². The number of esters is 1. The van der Waals surface area contributed by atoms with Gasteiger partial charge in [-0.15, -0.1) is 0 Å². The summed E-state index contributed by atoms with van der Waals surface area (Å²) < 4.78 is 13.2. The van der Waals surface area contributed by atoms with Gasteiger partial charge in [0.05, 0.1) is 35.1 Å². The average molecular weight is 824 g/mol. The topological polar surface area (TPSA) is 229 Å². The maximum atomic E-state index is 13.8. The van der Waals surface area contributed by atoms with Crippen molar-refractivity contribution in [3.8, 4) is 17.1 Å². The Labute approximate surface area is 349 Å². The largest absolute Gasteiger partial charge is 0.489 e. The van der Waals surface area contributed by atoms with Crippen molar-refractivity contribution in [3.63, 3.8) is 0 Å². The first kappa shape index (κ1) is 43.7. The lowest BCUT2D eigenvalue weighted by atomic mass is 9.86. The molecule has 0 unspecified atom stereocenters. The minimum absolute atomic E-state index is 0.00588. The zero-order valence-corrected chi connectivity index (χ0v) is 35.4. The molecule has 2 amide bonds. The smallest absolute Gasteiger partial charge is 0.343 e. The maximum absolute atomic E-state index is 13.8. The summed E-state index contributed by atoms with van der Waals surface area (Å²) >= 11 is 0. The standard InChI is InChI=1S/C44H57N9O7/c1-8-44(58)33-19-36-38-31(21-53(36)41(56)32(33)23-60-42(44)57)30(20-52(6)7)29-18-28(15-16-34(29)50-38)59-22-26-11-13-27(14-12-26)49-39(54)35(10-9-17-47-43(45)46)51-40(55)37(24(2)3)48-25(4)5/h11-16,18-19,24-25,35,37,48,58H,8-10,17,20-23H2,1-7H3,(H,49,54)(H,51,55)(H4,45,46,47)/t35-,37-,44-/m0/s1. The molecule has 0 saturated carbocycles. The van der Waals surface area contributed by atoms with Crippen molar-refractivity contribution in [1.29, 1.82) is 0 Å². The van der Waals surface area contributed by atoms with E-state index in [0.717, 1.165) is 22.1 Å². The molecule has 0 fully saturated rings. The number of aliphatic imine (C=N–C) groups is 1. The molecule has 60 heavy (non-hydrogen) atoms. The molecule has 0 radical (unpaired) electrons. The van der Waals surface area contributed by atoms with Crippen LogP contribution in [0.2, 0.25) is 0 Å². The Morgan fingerprint density at radius 3 is 2.43 bits per heavy atom. The number of pyridine rings is 2. The molecule has 0 aliphatic carbocycles. The van der Waals surface area contributed by atoms with E-state index < -0.39 is 23.7 Å². The van der Waals surface area contributed by atoms with E-state index in [1.807, 2.05) is 72.1 Å². The van der Waals surface area contributed by atoms with Gasteiger partial charge in [0.25, 0.3) is 5.56 Å². The van der Waals surface area contributed by atoms with Gasteiger partial charge in [0, 0.05) is 41.3 Å². The number of anilines is 1. The molecule has 3 atom stereocenters. The Kier molecular flexibility index (Phi) is 13.3. The normalized spacial score (nSPS) is 16.6. The molecule has 6 rings (SSSR count). The fourth-order valence-corrected chi connectivity index (χ4v) is 7.77. The van der Waals surface area contributed by atoms with Crippen molar-refractivity contribution in [3.05, 3.63) is 86.7 Å². The van der Waals surface area contributed by atoms with Crippen LogP contribution in [0.4, 0.5) is 5.69 Å². The molecule has 2 aliphatic rings. The van der Waals surface area contributed by atoms with E-state index in [9.17, 15) is 24.3 Å². The first-order chi connectivity index (χ1) is 28.5. The van der Waals surface area contributed by atoms with Gasteiger partial charge in [-0.05, 0) is 86.8 Å². The number of rotatable bonds is 17. The molecule has 8 N–H and O–H groups in total. The summed E-state index contributed by atoms with van der Waals surface area (Å²) in [5, 5.41) is 21.3. The van der Waals surface area contributed by atoms with Crippen LogP contribution in [0.15, 0.2) is 58.3 Å². The first-order valence-corrected chi connectivity index (χ1v) is 20.4. The molecule has 0 bridgehead atoms. The number of cyclic esters (lactones) is 1. The number of hydrogen-bond acceptors (Lipinski definition) is 11. The predicted octanol–water partition coefficient (Wildman–Crippen LogP) is 3.22. The van der Waals surface area contributed by atoms with Crippen molar-refractivity contribution in [2.45, 2.75) is 104 Å². The molecular weight excluding hydrogens is 767 g/mol. The van der Waals surface area contributed by atoms with Gasteiger partial charge in [-0.2, -0.15) is 0 Å². The Morgan fingerprint density at radius 2 is 1.78 bits per heavy atom. The highest BCUT2D eigenvalue weighted by Crippen LogP contribution is 2.41. The van der Waals surface area contributed by atoms with Crippen LogP contribution in [-0.2, 0) is 51.0 Å². The SMILES string of the molecule is CC[C@@]1(O)C(=O)OCc2c1cc1n(c2=O)Cc2c-1nc1ccc(OCc3ccc(NC(=O)[C@H](CCCN=C(N)N)NC(=O)[C@@H](NC(C)C)C(C)C)cc3)cc1c2CN(C)C. The van der Waals surface area contributed by atoms with E-state index in [0.29, 0.717) is 54.3 Å². The summed E-state index contributed by atoms with van der Waals surface area (Å²) in [7, 11) is 3.95. The second kappa shape index (κ2) is 18.2. The van der Waals surface area contributed by atoms with Gasteiger partial charge in [0.15, 0.2) is 11.6 Å². The number of aliphatic hydroxyl groups is 1. The van der Waals surface area contributed by atoms with Crippen LogP contribution >= 0.6 is 0 Å². The van der Waals surface area contributed by atoms with Crippen LogP contribution in [0.1, 0.15) is 81.7 Å². The van der Waals surface area contributed by atoms with Crippen LogP contribution in [0, 0.1) is 5.92 Å². The molecular formula is C44H57N9O7. The quantitative estimate of drug-likeness (QED) is 0.0344. The number of fused-ring (bicyclic) bond motifs is 5. The van der Waals surface area contributed by atoms with Gasteiger partial charge in [0.1, 0.15) is 25.0 Å². The summed E-state index contributed by atoms with van der Waals surface area (Å²) in [5.41, 5.74) is 14.5. The Balaban J connectivity index is 1.18. The van der Waals surface area contributed by atoms with E-state index in [4.69, 9.17) is 25.9 Å². The number of ether oxygens (including phenoxy) is 2. The van der Waals surface area contributed by atoms with E-state index in [2.05, 4.69) is 25.8 Å². The average Bonchev–Trinajstić information content (AvgIpc) is 3.57. The number of nitrogens with zero attached hydrogens (tertiary/aromatic N) is 4. The second-order valence-corrected chi connectivity index (χ2v) is 16.5. The summed E-state index contributed by atoms with van der Waals surface area (Å²) in [6, 6.07) is 13.5. The van der Waals surface area contributed by atoms with E-state index in [1.165, 1.54) is 0 Å². The van der Waals surface area contributed by atoms with Crippen LogP contribution in [-0.4, -0.2) is 82.1 Å². The molecule has 4 aromatic rings. The third-order valence-electron chi connectivity index (χ3n) is 10.9. The fourth-order valence-electron chi connectivity index (χ4n) is 7.77. The predicted molar refractivity (Wildman–Crippen MR) is 230 cm³/mol. The Hall–Kier alpha value is -5.84. The third kappa shape index (κ3) is 9.30. The fraction of sp³-hybridized carbons (Fsp3) is 0.455. The number of nitrogens with two attached hydrogens (primary N) is 2. The number of amides is 2. The molecule has 0 saturated heterocycles. The highest BCUT2D eigenvalue weighted by molar-refractivity contribution is 5.98. The van der Waals surface area contributed by atoms with Crippen molar-refractivity contribution in [2.75, 3.05) is 26.0 Å². The van der Waals surface area contributed by atoms with Crippen molar-refractivity contribution < 1.29 is 29.0 Å². The van der Waals surface area contributed by atoms with Gasteiger partial charge in [-0.3, -0.25) is 19.4 Å². The van der Waals surface area contributed by atoms with Gasteiger partial charge in [-0.25, -0.2) is 9.78 Å². The number of benzene rings is 2. The van der Waals surface area contributed by atoms with Crippen molar-refractivity contribution in [1.82, 2.24) is 25.1 Å². The van der Waals surface area contributed by atoms with E-state index in [-0.39, 0.29) is 72.6 Å². The highest BCUT2D eigenvalue weighted by atomic mass is 16.6. The number of hydrogen-bond donors (Lipinski definition) is 6. The lowest BCUT2D eigenvalue weighted by Gasteiger charge is -2.31. The lowest BCUT2D eigenvalue weighted by molar-refractivity contribution is -0.172. The number of carbonyl (C=O) groups is 3. The molecule has 2 aromatic carbocycles. The maximum Gasteiger partial charge on any atom is 0.343 e. The Morgan fingerprint density at radius 1 is 1.05 bits per heavy atom. The minimum atomic E-state index is -1.91. The summed E-state index contributed by atoms with van der Waals surface area (Å²) in [4.78, 5) is 64.4. The summed E-state index contributed by atoms with van der Waals surface area (Å²) in [6.07, 6.45) is 0.885. The number of carbonyl (C=O) groups excluding carboxylic acids is 3. The summed E-state index contributed by atoms with van der Waals surface area (Å²) in [6.45, 7) is 10.8. The van der Waals surface area contributed by atoms with Crippen LogP contribution < -0.4 is 37.7 Å². The molecule has 0 spiro atoms. The molecule has 2 aliphatic heterocycles. The molecule has 2 aromatic heterocycles. The molecule has 320 valence electrons. The zero-order chi connectivity index (χ0) is 43.5. The van der Waals surface area contributed by atoms with E-state index in [1.54, 1.807) is 29.7 Å². The highest BCUT2D eigenvalue weighted by Gasteiger charge is 2.45. The lowest BCUT2D eigenvalue weighted by Crippen LogP contribution is -2.54. The number of aromatic nitrogens is 2. The summed E-state index contributed by atoms with van der Waals surface area (Å²) in [5.74, 6) is -0.772. The van der Waals surface area contributed by atoms with Gasteiger partial charge >= 0.3 is 5.97 Å². The van der Waals surface area contributed by atoms with Crippen LogP contribution in [0.25, 0.3) is 22.3 Å². The van der Waals surface area contributed by atoms with Crippen molar-refractivity contribution in [2.24, 2.45) is 22.4 Å². The molecule has 4 heterocycles. The Bertz CT molecular complexity index is 2350. The third-order valence-corrected chi connectivity index (χ3v) is 10.9. The monoisotopic (exact) mass is 823 g/mol. The first-order valence-electron chi connectivity index (χ1n) is 20.4. The van der Waals surface area contributed by atoms with Crippen LogP contribution in [0.5, 0.6) is 5.75 Å².